The van der Waals surface area contributed by atoms with E-state index in [9.17, 15) is 0 Å². The highest BCUT2D eigenvalue weighted by Gasteiger charge is 2.10. The normalized spacial score (nSPS) is 20.5. The topological polar surface area (TPSA) is 48.2 Å². The van der Waals surface area contributed by atoms with Crippen molar-refractivity contribution in [3.8, 4) is 0 Å². The highest BCUT2D eigenvalue weighted by Crippen LogP contribution is 2.13. The molecule has 1 heterocycles. The molecule has 0 fully saturated rings. The van der Waals surface area contributed by atoms with Gasteiger partial charge in [0, 0.05) is 11.9 Å². The predicted octanol–water partition coefficient (Wildman–Crippen LogP) is 2.51. The number of rotatable bonds is 4. The summed E-state index contributed by atoms with van der Waals surface area (Å²) in [6.07, 6.45) is 8.51. The Balaban J connectivity index is 2.64. The van der Waals surface area contributed by atoms with E-state index in [2.05, 4.69) is 17.2 Å². The Hall–Kier alpha value is -1.38. The summed E-state index contributed by atoms with van der Waals surface area (Å²) in [5.41, 5.74) is 1.80. The van der Waals surface area contributed by atoms with Crippen molar-refractivity contribution < 1.29 is 0 Å². The highest BCUT2D eigenvalue weighted by molar-refractivity contribution is 5.94. The van der Waals surface area contributed by atoms with Gasteiger partial charge in [0.2, 0.25) is 0 Å². The van der Waals surface area contributed by atoms with E-state index in [0.717, 1.165) is 12.0 Å². The summed E-state index contributed by atoms with van der Waals surface area (Å²) in [6.45, 7) is 6.16. The Labute approximate surface area is 91.5 Å². The van der Waals surface area contributed by atoms with Crippen molar-refractivity contribution >= 4 is 12.1 Å². The fourth-order valence-electron chi connectivity index (χ4n) is 1.33. The van der Waals surface area contributed by atoms with Crippen LogP contribution in [0.3, 0.4) is 0 Å². The molecule has 1 unspecified atom stereocenters. The predicted molar refractivity (Wildman–Crippen MR) is 65.5 cm³/mol. The Bertz CT molecular complexity index is 311. The van der Waals surface area contributed by atoms with E-state index in [1.165, 1.54) is 0 Å². The summed E-state index contributed by atoms with van der Waals surface area (Å²) in [4.78, 5) is 4.33. The molecule has 0 aromatic heterocycles. The van der Waals surface area contributed by atoms with Gasteiger partial charge in [0.15, 0.2) is 0 Å². The zero-order chi connectivity index (χ0) is 11.3. The minimum Gasteiger partial charge on any atom is -0.353 e. The Morgan fingerprint density at radius 3 is 3.00 bits per heavy atom. The lowest BCUT2D eigenvalue weighted by atomic mass is 10.0. The lowest BCUT2D eigenvalue weighted by Gasteiger charge is -2.15. The molecular weight excluding hydrogens is 186 g/mol. The maximum atomic E-state index is 7.71. The SMILES string of the molecule is CCC1N=CNC=C1C=CC(=N)C(C)C. The average Bonchev–Trinajstić information content (AvgIpc) is 2.26. The molecule has 1 rings (SSSR count). The zero-order valence-electron chi connectivity index (χ0n) is 9.62. The van der Waals surface area contributed by atoms with Gasteiger partial charge >= 0.3 is 0 Å². The lowest BCUT2D eigenvalue weighted by molar-refractivity contribution is 0.742. The van der Waals surface area contributed by atoms with Crippen LogP contribution in [0.5, 0.6) is 0 Å². The molecule has 0 aromatic carbocycles. The minimum absolute atomic E-state index is 0.238. The van der Waals surface area contributed by atoms with Crippen LogP contribution in [-0.2, 0) is 0 Å². The van der Waals surface area contributed by atoms with E-state index in [0.29, 0.717) is 5.71 Å². The number of hydrogen-bond acceptors (Lipinski definition) is 3. The molecular formula is C12H19N3. The van der Waals surface area contributed by atoms with Gasteiger partial charge < -0.3 is 10.7 Å². The van der Waals surface area contributed by atoms with Crippen molar-refractivity contribution in [2.75, 3.05) is 0 Å². The maximum Gasteiger partial charge on any atom is 0.0871 e. The molecule has 0 saturated carbocycles. The molecule has 1 atom stereocenters. The molecule has 2 N–H and O–H groups in total. The van der Waals surface area contributed by atoms with Crippen molar-refractivity contribution in [1.82, 2.24) is 5.32 Å². The fourth-order valence-corrected chi connectivity index (χ4v) is 1.33. The monoisotopic (exact) mass is 205 g/mol. The smallest absolute Gasteiger partial charge is 0.0871 e. The van der Waals surface area contributed by atoms with E-state index in [4.69, 9.17) is 5.41 Å². The molecule has 0 saturated heterocycles. The summed E-state index contributed by atoms with van der Waals surface area (Å²) in [7, 11) is 0. The second-order valence-corrected chi connectivity index (χ2v) is 3.96. The fraction of sp³-hybridized carbons (Fsp3) is 0.500. The number of hydrogen-bond donors (Lipinski definition) is 2. The molecule has 15 heavy (non-hydrogen) atoms. The van der Waals surface area contributed by atoms with Gasteiger partial charge in [-0.3, -0.25) is 4.99 Å². The van der Waals surface area contributed by atoms with Crippen molar-refractivity contribution in [3.63, 3.8) is 0 Å². The maximum absolute atomic E-state index is 7.71. The zero-order valence-corrected chi connectivity index (χ0v) is 9.62. The van der Waals surface area contributed by atoms with Crippen LogP contribution in [0.1, 0.15) is 27.2 Å². The van der Waals surface area contributed by atoms with Gasteiger partial charge in [-0.25, -0.2) is 0 Å². The lowest BCUT2D eigenvalue weighted by Crippen LogP contribution is -2.18. The van der Waals surface area contributed by atoms with Crippen LogP contribution in [0.25, 0.3) is 0 Å². The molecule has 0 aliphatic carbocycles. The molecule has 0 aromatic rings. The van der Waals surface area contributed by atoms with Crippen molar-refractivity contribution in [2.45, 2.75) is 33.2 Å². The summed E-state index contributed by atoms with van der Waals surface area (Å²) in [5.74, 6) is 0.280. The van der Waals surface area contributed by atoms with Crippen LogP contribution >= 0.6 is 0 Å². The number of nitrogens with one attached hydrogen (secondary N) is 2. The minimum atomic E-state index is 0.238. The first-order valence-corrected chi connectivity index (χ1v) is 5.39. The number of aliphatic imine (C=N–C) groups is 1. The summed E-state index contributed by atoms with van der Waals surface area (Å²) >= 11 is 0. The second-order valence-electron chi connectivity index (χ2n) is 3.96. The van der Waals surface area contributed by atoms with Gasteiger partial charge in [-0.2, -0.15) is 0 Å². The van der Waals surface area contributed by atoms with E-state index in [-0.39, 0.29) is 12.0 Å². The van der Waals surface area contributed by atoms with Crippen LogP contribution in [-0.4, -0.2) is 18.1 Å². The largest absolute Gasteiger partial charge is 0.353 e. The van der Waals surface area contributed by atoms with Gasteiger partial charge in [0.05, 0.1) is 12.4 Å². The third kappa shape index (κ3) is 3.35. The highest BCUT2D eigenvalue weighted by atomic mass is 15.0. The van der Waals surface area contributed by atoms with E-state index < -0.39 is 0 Å². The van der Waals surface area contributed by atoms with E-state index >= 15 is 0 Å². The van der Waals surface area contributed by atoms with Crippen LogP contribution in [0.15, 0.2) is 28.9 Å². The van der Waals surface area contributed by atoms with Crippen LogP contribution < -0.4 is 5.32 Å². The summed E-state index contributed by atoms with van der Waals surface area (Å²) in [5, 5.41) is 10.7. The number of nitrogens with zero attached hydrogens (tertiary/aromatic N) is 1. The average molecular weight is 205 g/mol. The number of allylic oxidation sites excluding steroid dienone is 1. The van der Waals surface area contributed by atoms with E-state index in [1.54, 1.807) is 6.34 Å². The Kier molecular flexibility index (Phi) is 4.28. The van der Waals surface area contributed by atoms with Crippen molar-refractivity contribution in [1.29, 1.82) is 5.41 Å². The van der Waals surface area contributed by atoms with Gasteiger partial charge in [-0.15, -0.1) is 0 Å². The van der Waals surface area contributed by atoms with Crippen LogP contribution in [0.4, 0.5) is 0 Å². The first kappa shape index (κ1) is 11.7. The summed E-state index contributed by atoms with van der Waals surface area (Å²) < 4.78 is 0. The second kappa shape index (κ2) is 5.49. The third-order valence-corrected chi connectivity index (χ3v) is 2.43. The molecule has 1 aliphatic heterocycles. The van der Waals surface area contributed by atoms with Crippen LogP contribution in [0.2, 0.25) is 0 Å². The molecule has 0 bridgehead atoms. The standard InChI is InChI=1S/C12H19N3/c1-4-12-10(7-14-8-15-12)5-6-11(13)9(2)3/h5-9,12-13H,4H2,1-3H3,(H,14,15). The molecule has 1 aliphatic rings. The molecule has 3 nitrogen and oxygen atoms in total. The molecule has 0 spiro atoms. The Morgan fingerprint density at radius 1 is 1.67 bits per heavy atom. The molecule has 82 valence electrons. The first-order chi connectivity index (χ1) is 7.15. The Morgan fingerprint density at radius 2 is 2.40 bits per heavy atom. The third-order valence-electron chi connectivity index (χ3n) is 2.43. The van der Waals surface area contributed by atoms with Crippen LogP contribution in [0, 0.1) is 11.3 Å². The summed E-state index contributed by atoms with van der Waals surface area (Å²) in [6, 6.07) is 0.238. The quantitative estimate of drug-likeness (QED) is 0.681. The van der Waals surface area contributed by atoms with Gasteiger partial charge in [0.25, 0.3) is 0 Å². The van der Waals surface area contributed by atoms with Gasteiger partial charge in [-0.1, -0.05) is 26.8 Å². The van der Waals surface area contributed by atoms with Crippen molar-refractivity contribution in [3.05, 3.63) is 23.9 Å². The first-order valence-electron chi connectivity index (χ1n) is 5.39. The van der Waals surface area contributed by atoms with Gasteiger partial charge in [0.1, 0.15) is 0 Å². The molecule has 0 radical (unpaired) electrons. The van der Waals surface area contributed by atoms with Crippen molar-refractivity contribution in [2.24, 2.45) is 10.9 Å². The molecule has 3 heteroatoms. The van der Waals surface area contributed by atoms with Gasteiger partial charge in [-0.05, 0) is 24.0 Å². The molecule has 0 amide bonds. The van der Waals surface area contributed by atoms with E-state index in [1.807, 2.05) is 32.2 Å².